The van der Waals surface area contributed by atoms with Gasteiger partial charge in [-0.25, -0.2) is 0 Å². The number of fused-ring (bicyclic) bond motifs is 4. The van der Waals surface area contributed by atoms with Gasteiger partial charge in [-0.15, -0.1) is 0 Å². The Morgan fingerprint density at radius 1 is 0.266 bits per heavy atom. The van der Waals surface area contributed by atoms with Gasteiger partial charge in [0.15, 0.2) is 0 Å². The van der Waals surface area contributed by atoms with Crippen LogP contribution in [0.25, 0.3) is 0 Å². The first kappa shape index (κ1) is 64.3. The van der Waals surface area contributed by atoms with E-state index in [9.17, 15) is 20.4 Å². The summed E-state index contributed by atoms with van der Waals surface area (Å²) in [6.07, 6.45) is -1.02. The van der Waals surface area contributed by atoms with Crippen molar-refractivity contribution in [2.45, 2.75) is 113 Å². The Labute approximate surface area is 543 Å². The average Bonchev–Trinajstić information content (AvgIpc) is 0.799. The highest BCUT2D eigenvalue weighted by atomic mass is 16.3. The van der Waals surface area contributed by atoms with E-state index < -0.39 is 95.6 Å². The summed E-state index contributed by atoms with van der Waals surface area (Å²) in [5, 5.41) is 59.0. The minimum Gasteiger partial charge on any atom is -0.508 e. The van der Waals surface area contributed by atoms with Gasteiger partial charge in [0.1, 0.15) is 71.3 Å². The number of phenols is 4. The molecule has 0 spiro atoms. The molecule has 20 nitrogen and oxygen atoms in total. The number of phenolic OH excluding ortho intramolecular Hbond substituents is 4. The van der Waals surface area contributed by atoms with E-state index in [2.05, 4.69) is 31.9 Å². The first-order valence-electron chi connectivity index (χ1n) is 31.2. The highest BCUT2D eigenvalue weighted by Gasteiger charge is 2.43. The number of nitrogens with one attached hydrogen (secondary N) is 6. The first-order valence-corrected chi connectivity index (χ1v) is 31.2. The molecular formula is C74H72N8O12. The lowest BCUT2D eigenvalue weighted by atomic mass is 9.91. The Morgan fingerprint density at radius 3 is 0.777 bits per heavy atom. The third-order valence-electron chi connectivity index (χ3n) is 17.5. The second-order valence-electron chi connectivity index (χ2n) is 24.1. The molecule has 94 heavy (non-hydrogen) atoms. The lowest BCUT2D eigenvalue weighted by Gasteiger charge is -2.39. The fraction of sp³-hybridized carbons (Fsp3) is 0.243. The van der Waals surface area contributed by atoms with Crippen LogP contribution >= 0.6 is 0 Å². The molecule has 8 aromatic rings. The summed E-state index contributed by atoms with van der Waals surface area (Å²) >= 11 is 0. The van der Waals surface area contributed by atoms with Crippen LogP contribution in [0, 0.1) is 0 Å². The van der Waals surface area contributed by atoms with E-state index in [1.807, 2.05) is 24.3 Å². The normalized spacial score (nSPS) is 21.7. The quantitative estimate of drug-likeness (QED) is 0.0765. The lowest BCUT2D eigenvalue weighted by Crippen LogP contribution is -2.64. The molecule has 0 saturated carbocycles. The highest BCUT2D eigenvalue weighted by molar-refractivity contribution is 6.00. The summed E-state index contributed by atoms with van der Waals surface area (Å²) in [5.41, 5.74) is 6.11. The summed E-state index contributed by atoms with van der Waals surface area (Å²) in [5.74, 6) is -6.45. The molecule has 3 aliphatic heterocycles. The third kappa shape index (κ3) is 16.1. The second-order valence-corrected chi connectivity index (χ2v) is 24.1. The van der Waals surface area contributed by atoms with E-state index in [1.165, 1.54) is 58.3 Å². The number of benzene rings is 8. The van der Waals surface area contributed by atoms with Gasteiger partial charge in [0.05, 0.1) is 0 Å². The Hall–Kier alpha value is -11.3. The molecule has 8 amide bonds. The predicted octanol–water partition coefficient (Wildman–Crippen LogP) is 5.09. The van der Waals surface area contributed by atoms with E-state index >= 15 is 38.4 Å². The Morgan fingerprint density at radius 2 is 0.489 bits per heavy atom. The largest absolute Gasteiger partial charge is 0.508 e. The van der Waals surface area contributed by atoms with Crippen molar-refractivity contribution in [1.29, 1.82) is 0 Å². The molecule has 3 heterocycles. The van der Waals surface area contributed by atoms with Crippen molar-refractivity contribution in [2.75, 3.05) is 0 Å². The van der Waals surface area contributed by atoms with E-state index in [4.69, 9.17) is 0 Å². The van der Waals surface area contributed by atoms with Crippen LogP contribution in [-0.4, -0.2) is 126 Å². The maximum atomic E-state index is 15.8. The molecule has 20 heteroatoms. The van der Waals surface area contributed by atoms with Crippen molar-refractivity contribution in [2.24, 2.45) is 0 Å². The maximum Gasteiger partial charge on any atom is 0.246 e. The number of aromatic hydroxyl groups is 4. The SMILES string of the molecule is O=C1N[C@@H](Cc2ccc(O)cc2)C(=O)N2Cc3ccccc3C[C@H]2C(=O)N[C@@H](Cc2ccccc2)C(=O)N[C@@H](Cc2ccc(O)cc2)C(=O)N[C@@H](Cc2ccc(O)cc2)C(=O)N2Cc3ccccc3C[C@H]2C(=O)N[C@@H](Cc2ccccc2)C(=O)N[C@H]1Cc1ccc(O)cc1. The zero-order chi connectivity index (χ0) is 65.8. The Kier molecular flexibility index (Phi) is 20.1. The number of hydrogen-bond donors (Lipinski definition) is 10. The number of rotatable bonds is 12. The van der Waals surface area contributed by atoms with Gasteiger partial charge in [-0.1, -0.05) is 158 Å². The summed E-state index contributed by atoms with van der Waals surface area (Å²) in [7, 11) is 0. The minimum absolute atomic E-state index is 0.0346. The zero-order valence-corrected chi connectivity index (χ0v) is 51.3. The van der Waals surface area contributed by atoms with Crippen LogP contribution in [0.5, 0.6) is 23.0 Å². The fourth-order valence-corrected chi connectivity index (χ4v) is 12.4. The van der Waals surface area contributed by atoms with Crippen LogP contribution in [0.15, 0.2) is 206 Å². The van der Waals surface area contributed by atoms with Gasteiger partial charge in [-0.3, -0.25) is 38.4 Å². The van der Waals surface area contributed by atoms with E-state index in [-0.39, 0.29) is 87.5 Å². The molecule has 0 unspecified atom stereocenters. The van der Waals surface area contributed by atoms with Gasteiger partial charge in [-0.05, 0) is 104 Å². The third-order valence-corrected chi connectivity index (χ3v) is 17.5. The monoisotopic (exact) mass is 1260 g/mol. The molecule has 0 aromatic heterocycles. The van der Waals surface area contributed by atoms with Crippen molar-refractivity contribution < 1.29 is 58.8 Å². The number of nitrogens with zero attached hydrogens (tertiary/aromatic N) is 2. The van der Waals surface area contributed by atoms with Gasteiger partial charge >= 0.3 is 0 Å². The Bertz CT molecular complexity index is 3780. The van der Waals surface area contributed by atoms with Crippen LogP contribution < -0.4 is 31.9 Å². The summed E-state index contributed by atoms with van der Waals surface area (Å²) < 4.78 is 0. The van der Waals surface area contributed by atoms with Crippen molar-refractivity contribution in [1.82, 2.24) is 41.7 Å². The van der Waals surface area contributed by atoms with Crippen LogP contribution in [0.4, 0.5) is 0 Å². The molecular weight excluding hydrogens is 1190 g/mol. The molecule has 1 saturated heterocycles. The minimum atomic E-state index is -1.48. The predicted molar refractivity (Wildman–Crippen MR) is 348 cm³/mol. The average molecular weight is 1270 g/mol. The van der Waals surface area contributed by atoms with Gasteiger partial charge < -0.3 is 62.1 Å². The Balaban J connectivity index is 1.05. The maximum absolute atomic E-state index is 15.8. The molecule has 10 N–H and O–H groups in total. The molecule has 11 rings (SSSR count). The lowest BCUT2D eigenvalue weighted by molar-refractivity contribution is -0.146. The molecule has 1 fully saturated rings. The topological polar surface area (TPSA) is 296 Å². The molecule has 0 bridgehead atoms. The molecule has 0 aliphatic carbocycles. The summed E-state index contributed by atoms with van der Waals surface area (Å²) in [6.45, 7) is -0.246. The van der Waals surface area contributed by atoms with Crippen molar-refractivity contribution in [3.8, 4) is 23.0 Å². The highest BCUT2D eigenvalue weighted by Crippen LogP contribution is 2.29. The van der Waals surface area contributed by atoms with Crippen LogP contribution in [0.2, 0.25) is 0 Å². The van der Waals surface area contributed by atoms with Crippen LogP contribution in [-0.2, 0) is 103 Å². The standard InChI is InChI=1S/C74H72N8O12/c83-55-27-19-47(20-28-55)37-59-69(89)79-64(40-50-25-33-58(86)34-26-50)74(94)82-44-54-18-10-8-16-52(54)42-66(82)72(92)78-62(36-46-13-5-2-6-14-46)68(88)76-60(38-48-21-29-56(84)30-22-48)70(90)80-63(39-49-23-31-57(85)32-24-49)73(93)81-43-53-17-9-7-15-51(53)41-65(81)71(91)77-61(67(87)75-59)35-45-11-3-1-4-12-45/h1-34,59-66,83-86H,35-44H2,(H,75,87)(H,76,88)(H,77,91)(H,78,92)(H,79,89)(H,80,90)/t59-,60-,61-,62-,63-,64-,65-,66-/m0/s1. The van der Waals surface area contributed by atoms with Gasteiger partial charge in [0.25, 0.3) is 0 Å². The molecule has 8 atom stereocenters. The smallest absolute Gasteiger partial charge is 0.246 e. The van der Waals surface area contributed by atoms with Crippen molar-refractivity contribution in [3.63, 3.8) is 0 Å². The van der Waals surface area contributed by atoms with Gasteiger partial charge in [-0.2, -0.15) is 0 Å². The van der Waals surface area contributed by atoms with E-state index in [1.54, 1.807) is 133 Å². The second kappa shape index (κ2) is 29.3. The van der Waals surface area contributed by atoms with Crippen molar-refractivity contribution >= 4 is 47.3 Å². The fourth-order valence-electron chi connectivity index (χ4n) is 12.4. The van der Waals surface area contributed by atoms with E-state index in [0.29, 0.717) is 44.5 Å². The summed E-state index contributed by atoms with van der Waals surface area (Å²) in [6, 6.07) is 44.9. The van der Waals surface area contributed by atoms with Crippen molar-refractivity contribution in [3.05, 3.63) is 262 Å². The van der Waals surface area contributed by atoms with Gasteiger partial charge in [0.2, 0.25) is 47.3 Å². The number of carbonyl (C=O) groups is 8. The molecule has 480 valence electrons. The van der Waals surface area contributed by atoms with Crippen LogP contribution in [0.3, 0.4) is 0 Å². The van der Waals surface area contributed by atoms with Gasteiger partial charge in [0, 0.05) is 64.5 Å². The first-order chi connectivity index (χ1) is 45.5. The molecule has 8 aromatic carbocycles. The molecule has 3 aliphatic rings. The number of carbonyl (C=O) groups excluding carboxylic acids is 8. The summed E-state index contributed by atoms with van der Waals surface area (Å²) in [4.78, 5) is 127. The zero-order valence-electron chi connectivity index (χ0n) is 51.3. The number of amides is 8. The molecule has 0 radical (unpaired) electrons. The number of hydrogen-bond acceptors (Lipinski definition) is 12. The van der Waals surface area contributed by atoms with Crippen LogP contribution in [0.1, 0.15) is 55.6 Å². The van der Waals surface area contributed by atoms with E-state index in [0.717, 1.165) is 11.1 Å².